The lowest BCUT2D eigenvalue weighted by atomic mass is 9.87. The summed E-state index contributed by atoms with van der Waals surface area (Å²) in [6.45, 7) is 10.6. The predicted octanol–water partition coefficient (Wildman–Crippen LogP) is 6.31. The van der Waals surface area contributed by atoms with E-state index in [1.807, 2.05) is 6.92 Å². The second-order valence-electron chi connectivity index (χ2n) is 9.75. The van der Waals surface area contributed by atoms with Crippen molar-refractivity contribution in [3.8, 4) is 0 Å². The minimum Gasteiger partial charge on any atom is -0.517 e. The average molecular weight is 410 g/mol. The van der Waals surface area contributed by atoms with E-state index in [-0.39, 0.29) is 17.5 Å². The van der Waals surface area contributed by atoms with Gasteiger partial charge in [0.2, 0.25) is 9.76 Å². The highest BCUT2D eigenvalue weighted by molar-refractivity contribution is 6.57. The van der Waals surface area contributed by atoms with E-state index in [4.69, 9.17) is 8.85 Å². The Hall–Kier alpha value is -0.136. The van der Waals surface area contributed by atoms with Gasteiger partial charge >= 0.3 is 0 Å². The smallest absolute Gasteiger partial charge is 0.295 e. The van der Waals surface area contributed by atoms with E-state index in [0.29, 0.717) is 20.8 Å². The maximum Gasteiger partial charge on any atom is 0.295 e. The lowest BCUT2D eigenvalue weighted by Crippen LogP contribution is -2.37. The molecule has 3 nitrogen and oxygen atoms in total. The van der Waals surface area contributed by atoms with Crippen molar-refractivity contribution in [2.45, 2.75) is 122 Å². The van der Waals surface area contributed by atoms with Gasteiger partial charge in [0.05, 0.1) is 5.92 Å². The zero-order valence-electron chi connectivity index (χ0n) is 18.3. The van der Waals surface area contributed by atoms with Gasteiger partial charge in [-0.3, -0.25) is 4.79 Å². The molecular weight excluding hydrogens is 368 g/mol. The van der Waals surface area contributed by atoms with Crippen LogP contribution in [0.1, 0.15) is 98.8 Å². The zero-order chi connectivity index (χ0) is 19.9. The van der Waals surface area contributed by atoms with E-state index in [9.17, 15) is 4.79 Å². The summed E-state index contributed by atoms with van der Waals surface area (Å²) in [6.07, 6.45) is 13.2. The molecule has 2 rings (SSSR count). The third-order valence-electron chi connectivity index (χ3n) is 6.22. The Labute approximate surface area is 172 Å². The van der Waals surface area contributed by atoms with Crippen molar-refractivity contribution in [3.63, 3.8) is 0 Å². The first kappa shape index (κ1) is 23.1. The molecule has 2 saturated carbocycles. The van der Waals surface area contributed by atoms with Gasteiger partial charge in [0.15, 0.2) is 0 Å². The molecule has 0 aromatic carbocycles. The van der Waals surface area contributed by atoms with Crippen LogP contribution in [0.3, 0.4) is 0 Å². The molecule has 0 aromatic rings. The standard InChI is InChI=1S/C22H41O3Si2/c1-6-18-12-14-20(15-13-18)27(19-10-8-7-9-11-19)24-21(23)17(2)16-26-25-22(3,4)5/h17-20H,6-16H2,1-5H3. The van der Waals surface area contributed by atoms with Crippen molar-refractivity contribution in [2.75, 3.05) is 0 Å². The van der Waals surface area contributed by atoms with Gasteiger partial charge < -0.3 is 8.85 Å². The molecule has 2 aliphatic carbocycles. The van der Waals surface area contributed by atoms with E-state index in [1.54, 1.807) is 0 Å². The summed E-state index contributed by atoms with van der Waals surface area (Å²) in [6, 6.07) is 0.790. The molecule has 0 bridgehead atoms. The minimum absolute atomic E-state index is 0.0405. The maximum absolute atomic E-state index is 12.9. The number of hydrogen-bond donors (Lipinski definition) is 0. The van der Waals surface area contributed by atoms with E-state index in [2.05, 4.69) is 27.7 Å². The first-order chi connectivity index (χ1) is 12.8. The Morgan fingerprint density at radius 3 is 2.19 bits per heavy atom. The fourth-order valence-electron chi connectivity index (χ4n) is 4.43. The Bertz CT molecular complexity index is 435. The molecule has 155 valence electrons. The van der Waals surface area contributed by atoms with Crippen molar-refractivity contribution in [1.29, 1.82) is 0 Å². The van der Waals surface area contributed by atoms with Gasteiger partial charge in [-0.15, -0.1) is 0 Å². The van der Waals surface area contributed by atoms with Crippen LogP contribution in [0.5, 0.6) is 0 Å². The highest BCUT2D eigenvalue weighted by atomic mass is 28.3. The van der Waals surface area contributed by atoms with Gasteiger partial charge in [-0.05, 0) is 69.5 Å². The van der Waals surface area contributed by atoms with Crippen LogP contribution in [0.4, 0.5) is 0 Å². The number of rotatable bonds is 8. The maximum atomic E-state index is 12.9. The largest absolute Gasteiger partial charge is 0.517 e. The molecule has 0 heterocycles. The average Bonchev–Trinajstić information content (AvgIpc) is 2.65. The molecule has 0 aromatic heterocycles. The Morgan fingerprint density at radius 1 is 1.04 bits per heavy atom. The van der Waals surface area contributed by atoms with Crippen LogP contribution in [-0.4, -0.2) is 30.4 Å². The summed E-state index contributed by atoms with van der Waals surface area (Å²) in [5.41, 5.74) is 1.25. The molecule has 27 heavy (non-hydrogen) atoms. The van der Waals surface area contributed by atoms with Gasteiger partial charge in [0.1, 0.15) is 0 Å². The lowest BCUT2D eigenvalue weighted by molar-refractivity contribution is -0.138. The Morgan fingerprint density at radius 2 is 1.63 bits per heavy atom. The normalized spacial score (nSPS) is 26.1. The first-order valence-electron chi connectivity index (χ1n) is 11.3. The highest BCUT2D eigenvalue weighted by Gasteiger charge is 2.39. The molecule has 1 atom stereocenters. The summed E-state index contributed by atoms with van der Waals surface area (Å²) in [4.78, 5) is 12.9. The minimum atomic E-state index is -1.06. The zero-order valence-corrected chi connectivity index (χ0v) is 20.3. The molecule has 3 radical (unpaired) electrons. The monoisotopic (exact) mass is 409 g/mol. The molecule has 0 saturated heterocycles. The molecular formula is C22H41O3Si2. The topological polar surface area (TPSA) is 35.5 Å². The third kappa shape index (κ3) is 8.02. The second kappa shape index (κ2) is 11.2. The van der Waals surface area contributed by atoms with Crippen LogP contribution in [0.25, 0.3) is 0 Å². The van der Waals surface area contributed by atoms with E-state index < -0.39 is 9.04 Å². The fraction of sp³-hybridized carbons (Fsp3) is 0.955. The molecule has 1 unspecified atom stereocenters. The molecule has 0 N–H and O–H groups in total. The number of hydrogen-bond acceptors (Lipinski definition) is 3. The van der Waals surface area contributed by atoms with Gasteiger partial charge in [-0.2, -0.15) is 0 Å². The summed E-state index contributed by atoms with van der Waals surface area (Å²) in [7, 11) is -0.688. The quantitative estimate of drug-likeness (QED) is 0.440. The molecule has 0 aliphatic heterocycles. The lowest BCUT2D eigenvalue weighted by Gasteiger charge is -2.37. The molecule has 2 aliphatic rings. The SMILES string of the molecule is CCC1CCC([Si](OC(=O)C(C)C[Si]OC(C)(C)C)C2CCCCC2)CC1. The van der Waals surface area contributed by atoms with Crippen molar-refractivity contribution in [2.24, 2.45) is 11.8 Å². The predicted molar refractivity (Wildman–Crippen MR) is 115 cm³/mol. The molecule has 0 amide bonds. The summed E-state index contributed by atoms with van der Waals surface area (Å²) < 4.78 is 12.2. The van der Waals surface area contributed by atoms with Crippen LogP contribution in [-0.2, 0) is 13.6 Å². The van der Waals surface area contributed by atoms with Crippen molar-refractivity contribution in [3.05, 3.63) is 0 Å². The fourth-order valence-corrected chi connectivity index (χ4v) is 8.67. The number of carbonyl (C=O) groups is 1. The van der Waals surface area contributed by atoms with E-state index >= 15 is 0 Å². The van der Waals surface area contributed by atoms with Crippen LogP contribution < -0.4 is 0 Å². The molecule has 5 heteroatoms. The highest BCUT2D eigenvalue weighted by Crippen LogP contribution is 2.43. The van der Waals surface area contributed by atoms with Gasteiger partial charge in [0, 0.05) is 5.60 Å². The van der Waals surface area contributed by atoms with Crippen LogP contribution in [0.15, 0.2) is 0 Å². The van der Waals surface area contributed by atoms with Gasteiger partial charge in [-0.1, -0.05) is 52.4 Å². The first-order valence-corrected chi connectivity index (χ1v) is 14.0. The molecule has 2 fully saturated rings. The van der Waals surface area contributed by atoms with Gasteiger partial charge in [0.25, 0.3) is 15.0 Å². The van der Waals surface area contributed by atoms with Crippen molar-refractivity contribution >= 4 is 24.8 Å². The Balaban J connectivity index is 1.91. The summed E-state index contributed by atoms with van der Waals surface area (Å²) in [5.74, 6) is 0.916. The summed E-state index contributed by atoms with van der Waals surface area (Å²) in [5, 5.41) is 0. The molecule has 0 spiro atoms. The number of carbonyl (C=O) groups excluding carboxylic acids is 1. The van der Waals surface area contributed by atoms with Crippen molar-refractivity contribution in [1.82, 2.24) is 0 Å². The second-order valence-corrected chi connectivity index (χ2v) is 13.3. The third-order valence-corrected chi connectivity index (χ3v) is 11.0. The van der Waals surface area contributed by atoms with Crippen LogP contribution in [0, 0.1) is 11.8 Å². The van der Waals surface area contributed by atoms with Gasteiger partial charge in [-0.25, -0.2) is 0 Å². The summed E-state index contributed by atoms with van der Waals surface area (Å²) >= 11 is 0. The van der Waals surface area contributed by atoms with E-state index in [0.717, 1.165) is 12.0 Å². The Kier molecular flexibility index (Phi) is 9.56. The van der Waals surface area contributed by atoms with E-state index in [1.165, 1.54) is 64.2 Å². The van der Waals surface area contributed by atoms with Crippen LogP contribution in [0.2, 0.25) is 17.1 Å². The van der Waals surface area contributed by atoms with Crippen LogP contribution >= 0.6 is 0 Å². The van der Waals surface area contributed by atoms with Crippen molar-refractivity contribution < 1.29 is 13.6 Å².